The Bertz CT molecular complexity index is 1190. The summed E-state index contributed by atoms with van der Waals surface area (Å²) in [6, 6.07) is 7.63. The molecule has 1 aliphatic carbocycles. The molecule has 5 rings (SSSR count). The van der Waals surface area contributed by atoms with E-state index in [1.54, 1.807) is 21.6 Å². The first-order valence-corrected chi connectivity index (χ1v) is 9.47. The van der Waals surface area contributed by atoms with E-state index in [0.29, 0.717) is 16.3 Å². The Hall–Kier alpha value is -2.80. The SMILES string of the molecule is O=c1c2nnc3c(-c4ccc(Cl)cc4)cnn3c2ncn1C1CCCCC1. The second-order valence-corrected chi connectivity index (χ2v) is 7.36. The molecule has 4 aromatic rings. The molecule has 27 heavy (non-hydrogen) atoms. The van der Waals surface area contributed by atoms with Gasteiger partial charge in [-0.15, -0.1) is 10.2 Å². The van der Waals surface area contributed by atoms with Crippen molar-refractivity contribution in [3.63, 3.8) is 0 Å². The number of nitrogens with zero attached hydrogens (tertiary/aromatic N) is 6. The van der Waals surface area contributed by atoms with Crippen LogP contribution in [-0.2, 0) is 0 Å². The van der Waals surface area contributed by atoms with Crippen molar-refractivity contribution in [2.75, 3.05) is 0 Å². The van der Waals surface area contributed by atoms with Crippen LogP contribution in [0.25, 0.3) is 27.9 Å². The third-order valence-corrected chi connectivity index (χ3v) is 5.52. The lowest BCUT2D eigenvalue weighted by Crippen LogP contribution is -2.28. The molecule has 0 atom stereocenters. The Morgan fingerprint density at radius 2 is 1.78 bits per heavy atom. The zero-order chi connectivity index (χ0) is 18.4. The van der Waals surface area contributed by atoms with Crippen LogP contribution in [-0.4, -0.2) is 29.4 Å². The molecule has 0 bridgehead atoms. The van der Waals surface area contributed by atoms with Crippen LogP contribution >= 0.6 is 11.6 Å². The number of benzene rings is 1. The quantitative estimate of drug-likeness (QED) is 0.530. The molecular weight excluding hydrogens is 364 g/mol. The molecule has 136 valence electrons. The summed E-state index contributed by atoms with van der Waals surface area (Å²) in [5, 5.41) is 13.5. The maximum Gasteiger partial charge on any atom is 0.283 e. The molecule has 0 saturated heterocycles. The Kier molecular flexibility index (Phi) is 3.89. The first kappa shape index (κ1) is 16.4. The minimum Gasteiger partial charge on any atom is -0.294 e. The summed E-state index contributed by atoms with van der Waals surface area (Å²) < 4.78 is 3.30. The van der Waals surface area contributed by atoms with Crippen molar-refractivity contribution in [1.29, 1.82) is 0 Å². The van der Waals surface area contributed by atoms with Gasteiger partial charge in [-0.3, -0.25) is 9.36 Å². The summed E-state index contributed by atoms with van der Waals surface area (Å²) >= 11 is 5.97. The molecule has 0 unspecified atom stereocenters. The first-order chi connectivity index (χ1) is 13.2. The topological polar surface area (TPSA) is 78.0 Å². The van der Waals surface area contributed by atoms with Gasteiger partial charge in [0, 0.05) is 16.6 Å². The number of halogens is 1. The second-order valence-electron chi connectivity index (χ2n) is 6.92. The Morgan fingerprint density at radius 3 is 2.56 bits per heavy atom. The summed E-state index contributed by atoms with van der Waals surface area (Å²) in [6.45, 7) is 0. The van der Waals surface area contributed by atoms with Gasteiger partial charge in [-0.25, -0.2) is 4.98 Å². The lowest BCUT2D eigenvalue weighted by molar-refractivity contribution is 0.344. The molecule has 0 N–H and O–H groups in total. The number of fused-ring (bicyclic) bond motifs is 3. The van der Waals surface area contributed by atoms with Crippen molar-refractivity contribution < 1.29 is 0 Å². The van der Waals surface area contributed by atoms with Crippen LogP contribution in [0.5, 0.6) is 0 Å². The van der Waals surface area contributed by atoms with E-state index in [0.717, 1.165) is 36.8 Å². The lowest BCUT2D eigenvalue weighted by Gasteiger charge is -2.23. The van der Waals surface area contributed by atoms with Crippen LogP contribution in [0.15, 0.2) is 41.6 Å². The van der Waals surface area contributed by atoms with Gasteiger partial charge in [0.25, 0.3) is 5.56 Å². The van der Waals surface area contributed by atoms with Gasteiger partial charge in [0.05, 0.1) is 6.20 Å². The molecule has 0 aliphatic heterocycles. The molecule has 8 heteroatoms. The van der Waals surface area contributed by atoms with Crippen molar-refractivity contribution in [2.45, 2.75) is 38.1 Å². The van der Waals surface area contributed by atoms with E-state index < -0.39 is 0 Å². The van der Waals surface area contributed by atoms with E-state index >= 15 is 0 Å². The summed E-state index contributed by atoms with van der Waals surface area (Å²) in [5.74, 6) is 0. The zero-order valence-corrected chi connectivity index (χ0v) is 15.3. The number of rotatable bonds is 2. The van der Waals surface area contributed by atoms with Gasteiger partial charge in [0.15, 0.2) is 16.8 Å². The van der Waals surface area contributed by atoms with Crippen molar-refractivity contribution in [1.82, 2.24) is 29.4 Å². The van der Waals surface area contributed by atoms with Gasteiger partial charge in [-0.2, -0.15) is 9.61 Å². The normalized spacial score (nSPS) is 15.6. The number of aromatic nitrogens is 6. The van der Waals surface area contributed by atoms with Crippen LogP contribution in [0.3, 0.4) is 0 Å². The molecule has 1 aliphatic rings. The van der Waals surface area contributed by atoms with Crippen molar-refractivity contribution >= 4 is 28.4 Å². The standard InChI is InChI=1S/C19H17ClN6O/c20-13-8-6-12(7-9-13)15-10-22-26-17(15)24-23-16-18(26)21-11-25(19(16)27)14-4-2-1-3-5-14/h6-11,14H,1-5H2. The molecule has 1 fully saturated rings. The summed E-state index contributed by atoms with van der Waals surface area (Å²) in [5.41, 5.74) is 2.84. The van der Waals surface area contributed by atoms with Crippen LogP contribution in [0.4, 0.5) is 0 Å². The highest BCUT2D eigenvalue weighted by Crippen LogP contribution is 2.28. The number of hydrogen-bond acceptors (Lipinski definition) is 5. The van der Waals surface area contributed by atoms with E-state index in [9.17, 15) is 4.79 Å². The molecule has 7 nitrogen and oxygen atoms in total. The van der Waals surface area contributed by atoms with E-state index in [1.807, 2.05) is 24.3 Å². The first-order valence-electron chi connectivity index (χ1n) is 9.09. The maximum atomic E-state index is 13.0. The highest BCUT2D eigenvalue weighted by molar-refractivity contribution is 6.30. The fraction of sp³-hybridized carbons (Fsp3) is 0.316. The van der Waals surface area contributed by atoms with Crippen LogP contribution in [0.2, 0.25) is 5.02 Å². The van der Waals surface area contributed by atoms with E-state index in [1.165, 1.54) is 6.42 Å². The average Bonchev–Trinajstić information content (AvgIpc) is 3.14. The van der Waals surface area contributed by atoms with E-state index in [2.05, 4.69) is 20.3 Å². The van der Waals surface area contributed by atoms with E-state index in [4.69, 9.17) is 11.6 Å². The van der Waals surface area contributed by atoms with Crippen molar-refractivity contribution in [3.8, 4) is 11.1 Å². The Labute approximate surface area is 159 Å². The molecule has 0 radical (unpaired) electrons. The molecule has 3 heterocycles. The van der Waals surface area contributed by atoms with Gasteiger partial charge in [-0.05, 0) is 30.5 Å². The zero-order valence-electron chi connectivity index (χ0n) is 14.5. The molecule has 0 amide bonds. The fourth-order valence-corrected chi connectivity index (χ4v) is 3.96. The minimum absolute atomic E-state index is 0.148. The highest BCUT2D eigenvalue weighted by atomic mass is 35.5. The summed E-state index contributed by atoms with van der Waals surface area (Å²) in [4.78, 5) is 17.5. The van der Waals surface area contributed by atoms with Gasteiger partial charge >= 0.3 is 0 Å². The molecular formula is C19H17ClN6O. The largest absolute Gasteiger partial charge is 0.294 e. The predicted octanol–water partition coefficient (Wildman–Crippen LogP) is 3.66. The summed E-state index contributed by atoms with van der Waals surface area (Å²) in [7, 11) is 0. The second kappa shape index (κ2) is 6.42. The number of hydrogen-bond donors (Lipinski definition) is 0. The molecule has 1 saturated carbocycles. The van der Waals surface area contributed by atoms with Crippen molar-refractivity contribution in [2.24, 2.45) is 0 Å². The van der Waals surface area contributed by atoms with E-state index in [-0.39, 0.29) is 17.1 Å². The minimum atomic E-state index is -0.148. The Balaban J connectivity index is 1.66. The summed E-state index contributed by atoms with van der Waals surface area (Å²) in [6.07, 6.45) is 8.86. The smallest absolute Gasteiger partial charge is 0.283 e. The molecule has 0 spiro atoms. The predicted molar refractivity (Wildman–Crippen MR) is 103 cm³/mol. The fourth-order valence-electron chi connectivity index (χ4n) is 3.83. The van der Waals surface area contributed by atoms with Crippen molar-refractivity contribution in [3.05, 3.63) is 52.2 Å². The monoisotopic (exact) mass is 380 g/mol. The third-order valence-electron chi connectivity index (χ3n) is 5.27. The molecule has 3 aromatic heterocycles. The van der Waals surface area contributed by atoms with Crippen LogP contribution < -0.4 is 5.56 Å². The maximum absolute atomic E-state index is 13.0. The van der Waals surface area contributed by atoms with Gasteiger partial charge in [-0.1, -0.05) is 43.0 Å². The van der Waals surface area contributed by atoms with Crippen LogP contribution in [0, 0.1) is 0 Å². The Morgan fingerprint density at radius 1 is 1.00 bits per heavy atom. The third kappa shape index (κ3) is 2.70. The van der Waals surface area contributed by atoms with Crippen LogP contribution in [0.1, 0.15) is 38.1 Å². The van der Waals surface area contributed by atoms with Gasteiger partial charge < -0.3 is 0 Å². The average molecular weight is 381 g/mol. The van der Waals surface area contributed by atoms with Gasteiger partial charge in [0.1, 0.15) is 6.33 Å². The lowest BCUT2D eigenvalue weighted by atomic mass is 9.95. The van der Waals surface area contributed by atoms with Gasteiger partial charge in [0.2, 0.25) is 0 Å². The highest BCUT2D eigenvalue weighted by Gasteiger charge is 2.20. The molecule has 1 aromatic carbocycles.